The lowest BCUT2D eigenvalue weighted by molar-refractivity contribution is -0.140. The molecular formula is C18H17ClN2O3S. The summed E-state index contributed by atoms with van der Waals surface area (Å²) in [5.74, 6) is -1.63. The number of carbonyl (C=O) groups excluding carboxylic acids is 2. The van der Waals surface area contributed by atoms with Crippen molar-refractivity contribution in [1.29, 1.82) is 0 Å². The van der Waals surface area contributed by atoms with Crippen LogP contribution in [0.4, 0.5) is 0 Å². The van der Waals surface area contributed by atoms with E-state index < -0.39 is 11.9 Å². The lowest BCUT2D eigenvalue weighted by atomic mass is 9.88. The number of thiophene rings is 1. The Labute approximate surface area is 154 Å². The first-order valence-electron chi connectivity index (χ1n) is 7.96. The average Bonchev–Trinajstić information content (AvgIpc) is 3.09. The number of allylic oxidation sites excluding steroid dienone is 4. The highest BCUT2D eigenvalue weighted by Crippen LogP contribution is 2.31. The van der Waals surface area contributed by atoms with Crippen LogP contribution in [0.1, 0.15) is 11.8 Å². The summed E-state index contributed by atoms with van der Waals surface area (Å²) in [4.78, 5) is 29.9. The molecule has 0 fully saturated rings. The first-order valence-corrected chi connectivity index (χ1v) is 9.22. The van der Waals surface area contributed by atoms with Gasteiger partial charge < -0.3 is 10.1 Å². The van der Waals surface area contributed by atoms with Gasteiger partial charge in [0.1, 0.15) is 5.57 Å². The molecule has 5 nitrogen and oxygen atoms in total. The third-order valence-corrected chi connectivity index (χ3v) is 5.10. The minimum absolute atomic E-state index is 0.0437. The van der Waals surface area contributed by atoms with Gasteiger partial charge in [0.15, 0.2) is 0 Å². The fourth-order valence-electron chi connectivity index (χ4n) is 2.74. The molecule has 2 aliphatic rings. The van der Waals surface area contributed by atoms with E-state index in [4.69, 9.17) is 16.3 Å². The second-order valence-corrected chi connectivity index (χ2v) is 6.88. The van der Waals surface area contributed by atoms with Crippen LogP contribution in [0, 0.1) is 5.92 Å². The highest BCUT2D eigenvalue weighted by Gasteiger charge is 2.36. The minimum Gasteiger partial charge on any atom is -0.462 e. The van der Waals surface area contributed by atoms with Gasteiger partial charge in [0.25, 0.3) is 5.91 Å². The molecular weight excluding hydrogens is 360 g/mol. The lowest BCUT2D eigenvalue weighted by Gasteiger charge is -2.27. The van der Waals surface area contributed by atoms with Crippen LogP contribution >= 0.6 is 22.9 Å². The van der Waals surface area contributed by atoms with E-state index in [-0.39, 0.29) is 18.1 Å². The SMILES string of the molecule is CCOC(=O)C1=C(NCCc2cccs2)C2C=CC=C(Cl)C2=NC1=O. The lowest BCUT2D eigenvalue weighted by Crippen LogP contribution is -2.37. The van der Waals surface area contributed by atoms with E-state index >= 15 is 0 Å². The van der Waals surface area contributed by atoms with E-state index in [9.17, 15) is 9.59 Å². The van der Waals surface area contributed by atoms with Crippen molar-refractivity contribution in [3.63, 3.8) is 0 Å². The van der Waals surface area contributed by atoms with Gasteiger partial charge in [-0.05, 0) is 30.9 Å². The van der Waals surface area contributed by atoms with E-state index in [1.54, 1.807) is 30.4 Å². The minimum atomic E-state index is -0.659. The zero-order chi connectivity index (χ0) is 17.8. The van der Waals surface area contributed by atoms with Gasteiger partial charge in [-0.25, -0.2) is 9.79 Å². The number of hydrogen-bond acceptors (Lipinski definition) is 5. The number of dihydropyridines is 1. The zero-order valence-corrected chi connectivity index (χ0v) is 15.2. The molecule has 1 amide bonds. The standard InChI is InChI=1S/C18H17ClN2O3S/c1-2-24-18(23)14-16(20-9-8-11-5-4-10-25-11)12-6-3-7-13(19)15(12)21-17(14)22/h3-7,10,12,20H,2,8-9H2,1H3. The number of fused-ring (bicyclic) bond motifs is 1. The Morgan fingerprint density at radius 2 is 2.32 bits per heavy atom. The number of halogens is 1. The summed E-state index contributed by atoms with van der Waals surface area (Å²) in [6, 6.07) is 4.04. The van der Waals surface area contributed by atoms with E-state index in [0.29, 0.717) is 23.0 Å². The predicted molar refractivity (Wildman–Crippen MR) is 98.7 cm³/mol. The maximum absolute atomic E-state index is 12.4. The Balaban J connectivity index is 1.88. The van der Waals surface area contributed by atoms with Crippen molar-refractivity contribution in [3.05, 3.63) is 56.9 Å². The first-order chi connectivity index (χ1) is 12.1. The molecule has 1 aromatic heterocycles. The molecule has 0 spiro atoms. The zero-order valence-electron chi connectivity index (χ0n) is 13.6. The maximum atomic E-state index is 12.4. The van der Waals surface area contributed by atoms with Crippen LogP contribution in [-0.2, 0) is 20.7 Å². The monoisotopic (exact) mass is 376 g/mol. The quantitative estimate of drug-likeness (QED) is 0.612. The number of amides is 1. The predicted octanol–water partition coefficient (Wildman–Crippen LogP) is 2.99. The molecule has 3 rings (SSSR count). The van der Waals surface area contributed by atoms with Crippen LogP contribution in [0.25, 0.3) is 0 Å². The van der Waals surface area contributed by atoms with Gasteiger partial charge in [0, 0.05) is 17.1 Å². The summed E-state index contributed by atoms with van der Waals surface area (Å²) in [5, 5.41) is 5.67. The van der Waals surface area contributed by atoms with Crippen molar-refractivity contribution >= 4 is 40.5 Å². The summed E-state index contributed by atoms with van der Waals surface area (Å²) in [7, 11) is 0. The second-order valence-electron chi connectivity index (χ2n) is 5.44. The normalized spacial score (nSPS) is 19.3. The van der Waals surface area contributed by atoms with Gasteiger partial charge in [0.2, 0.25) is 0 Å². The number of esters is 1. The number of hydrogen-bond donors (Lipinski definition) is 1. The molecule has 1 atom stereocenters. The number of nitrogens with zero attached hydrogens (tertiary/aromatic N) is 1. The third kappa shape index (κ3) is 3.75. The van der Waals surface area contributed by atoms with Gasteiger partial charge in [-0.2, -0.15) is 0 Å². The number of ether oxygens (including phenoxy) is 1. The van der Waals surface area contributed by atoms with Crippen LogP contribution in [0.5, 0.6) is 0 Å². The number of carbonyl (C=O) groups is 2. The topological polar surface area (TPSA) is 67.8 Å². The van der Waals surface area contributed by atoms with Gasteiger partial charge in [-0.15, -0.1) is 11.3 Å². The van der Waals surface area contributed by atoms with Gasteiger partial charge >= 0.3 is 5.97 Å². The Morgan fingerprint density at radius 1 is 1.48 bits per heavy atom. The Kier molecular flexibility index (Phi) is 5.50. The molecule has 0 bridgehead atoms. The Morgan fingerprint density at radius 3 is 3.04 bits per heavy atom. The van der Waals surface area contributed by atoms with Crippen LogP contribution in [0.3, 0.4) is 0 Å². The van der Waals surface area contributed by atoms with Gasteiger partial charge in [-0.3, -0.25) is 4.79 Å². The Bertz CT molecular complexity index is 806. The largest absolute Gasteiger partial charge is 0.462 e. The van der Waals surface area contributed by atoms with Crippen molar-refractivity contribution in [2.75, 3.05) is 13.2 Å². The molecule has 0 saturated heterocycles. The van der Waals surface area contributed by atoms with E-state index in [1.807, 2.05) is 23.6 Å². The molecule has 1 aliphatic carbocycles. The summed E-state index contributed by atoms with van der Waals surface area (Å²) >= 11 is 7.85. The number of rotatable bonds is 6. The fraction of sp³-hybridized carbons (Fsp3) is 0.278. The van der Waals surface area contributed by atoms with Crippen LogP contribution in [-0.4, -0.2) is 30.7 Å². The van der Waals surface area contributed by atoms with E-state index in [2.05, 4.69) is 10.3 Å². The third-order valence-electron chi connectivity index (χ3n) is 3.85. The van der Waals surface area contributed by atoms with Crippen molar-refractivity contribution in [3.8, 4) is 0 Å². The molecule has 1 N–H and O–H groups in total. The summed E-state index contributed by atoms with van der Waals surface area (Å²) < 4.78 is 5.04. The Hall–Kier alpha value is -2.18. The van der Waals surface area contributed by atoms with Crippen LogP contribution in [0.2, 0.25) is 0 Å². The van der Waals surface area contributed by atoms with Crippen molar-refractivity contribution in [1.82, 2.24) is 5.32 Å². The first kappa shape index (κ1) is 17.6. The molecule has 1 aliphatic heterocycles. The van der Waals surface area contributed by atoms with Crippen LogP contribution < -0.4 is 5.32 Å². The number of nitrogens with one attached hydrogen (secondary N) is 1. The second kappa shape index (κ2) is 7.80. The molecule has 0 radical (unpaired) electrons. The van der Waals surface area contributed by atoms with E-state index in [1.165, 1.54) is 4.88 Å². The van der Waals surface area contributed by atoms with Crippen LogP contribution in [0.15, 0.2) is 57.0 Å². The molecule has 0 aromatic carbocycles. The highest BCUT2D eigenvalue weighted by molar-refractivity contribution is 7.09. The van der Waals surface area contributed by atoms with Gasteiger partial charge in [-0.1, -0.05) is 29.8 Å². The molecule has 130 valence electrons. The van der Waals surface area contributed by atoms with E-state index in [0.717, 1.165) is 6.42 Å². The number of aliphatic imine (C=N–C) groups is 1. The summed E-state index contributed by atoms with van der Waals surface area (Å²) in [6.45, 7) is 2.48. The highest BCUT2D eigenvalue weighted by atomic mass is 35.5. The van der Waals surface area contributed by atoms with Gasteiger partial charge in [0.05, 0.1) is 23.3 Å². The smallest absolute Gasteiger partial charge is 0.345 e. The average molecular weight is 377 g/mol. The molecule has 0 saturated carbocycles. The van der Waals surface area contributed by atoms with Crippen molar-refractivity contribution in [2.45, 2.75) is 13.3 Å². The molecule has 7 heteroatoms. The fourth-order valence-corrected chi connectivity index (χ4v) is 3.68. The molecule has 1 aromatic rings. The van der Waals surface area contributed by atoms with Crippen molar-refractivity contribution in [2.24, 2.45) is 10.9 Å². The molecule has 1 unspecified atom stereocenters. The summed E-state index contributed by atoms with van der Waals surface area (Å²) in [6.07, 6.45) is 6.14. The van der Waals surface area contributed by atoms with Crippen molar-refractivity contribution < 1.29 is 14.3 Å². The molecule has 2 heterocycles. The summed E-state index contributed by atoms with van der Waals surface area (Å²) in [5.41, 5.74) is 0.922. The molecule has 25 heavy (non-hydrogen) atoms. The maximum Gasteiger partial charge on any atom is 0.345 e.